The molecule has 0 bridgehead atoms. The number of Topliss-reactive ketones (excluding diaryl/α,β-unsaturated/α-hetero) is 1. The molecule has 0 spiro atoms. The summed E-state index contributed by atoms with van der Waals surface area (Å²) in [4.78, 5) is 11.7. The Morgan fingerprint density at radius 3 is 2.93 bits per heavy atom. The standard InChI is InChI=1S/C11H11NO2S/c1-8-3-4-9(14-2)5-10(8)11(13)6-15-7-12/h3-5H,6H2,1-2H3. The second-order valence-electron chi connectivity index (χ2n) is 2.98. The van der Waals surface area contributed by atoms with Gasteiger partial charge in [0.05, 0.1) is 12.9 Å². The van der Waals surface area contributed by atoms with Gasteiger partial charge in [-0.25, -0.2) is 0 Å². The first-order chi connectivity index (χ1) is 7.19. The van der Waals surface area contributed by atoms with E-state index >= 15 is 0 Å². The number of nitriles is 1. The number of methoxy groups -OCH3 is 1. The predicted octanol–water partition coefficient (Wildman–Crippen LogP) is 2.40. The third-order valence-electron chi connectivity index (χ3n) is 2.01. The number of aryl methyl sites for hydroxylation is 1. The number of thiocyanates is 1. The Morgan fingerprint density at radius 1 is 1.60 bits per heavy atom. The van der Waals surface area contributed by atoms with Gasteiger partial charge in [-0.1, -0.05) is 6.07 Å². The molecule has 0 radical (unpaired) electrons. The number of rotatable bonds is 4. The van der Waals surface area contributed by atoms with Crippen molar-refractivity contribution in [1.29, 1.82) is 5.26 Å². The van der Waals surface area contributed by atoms with Gasteiger partial charge in [0.1, 0.15) is 11.2 Å². The van der Waals surface area contributed by atoms with Gasteiger partial charge in [0, 0.05) is 5.56 Å². The summed E-state index contributed by atoms with van der Waals surface area (Å²) in [5, 5.41) is 10.2. The van der Waals surface area contributed by atoms with Gasteiger partial charge in [0.2, 0.25) is 0 Å². The van der Waals surface area contributed by atoms with Crippen molar-refractivity contribution in [3.05, 3.63) is 29.3 Å². The van der Waals surface area contributed by atoms with Crippen LogP contribution in [0.25, 0.3) is 0 Å². The second-order valence-corrected chi connectivity index (χ2v) is 3.74. The van der Waals surface area contributed by atoms with E-state index in [1.54, 1.807) is 13.2 Å². The van der Waals surface area contributed by atoms with E-state index in [0.717, 1.165) is 17.3 Å². The van der Waals surface area contributed by atoms with Gasteiger partial charge >= 0.3 is 0 Å². The first kappa shape index (κ1) is 11.6. The van der Waals surface area contributed by atoms with Crippen LogP contribution in [0.15, 0.2) is 18.2 Å². The number of hydrogen-bond donors (Lipinski definition) is 0. The van der Waals surface area contributed by atoms with E-state index in [1.807, 2.05) is 24.5 Å². The molecule has 0 fully saturated rings. The molecule has 1 aromatic rings. The summed E-state index contributed by atoms with van der Waals surface area (Å²) in [6, 6.07) is 5.35. The van der Waals surface area contributed by atoms with Crippen molar-refractivity contribution in [2.24, 2.45) is 0 Å². The maximum absolute atomic E-state index is 11.7. The van der Waals surface area contributed by atoms with Gasteiger partial charge in [-0.15, -0.1) is 0 Å². The Morgan fingerprint density at radius 2 is 2.33 bits per heavy atom. The van der Waals surface area contributed by atoms with Crippen molar-refractivity contribution in [2.75, 3.05) is 12.9 Å². The summed E-state index contributed by atoms with van der Waals surface area (Å²) in [5.41, 5.74) is 1.52. The predicted molar refractivity (Wildman–Crippen MR) is 60.1 cm³/mol. The molecule has 0 N–H and O–H groups in total. The van der Waals surface area contributed by atoms with Gasteiger partial charge in [0.25, 0.3) is 0 Å². The lowest BCUT2D eigenvalue weighted by Gasteiger charge is -2.06. The number of ketones is 1. The zero-order valence-electron chi connectivity index (χ0n) is 8.61. The van der Waals surface area contributed by atoms with Gasteiger partial charge in [-0.2, -0.15) is 5.26 Å². The van der Waals surface area contributed by atoms with Crippen LogP contribution in [0.4, 0.5) is 0 Å². The number of thioether (sulfide) groups is 1. The minimum Gasteiger partial charge on any atom is -0.497 e. The Balaban J connectivity index is 2.92. The largest absolute Gasteiger partial charge is 0.497 e. The van der Waals surface area contributed by atoms with Crippen LogP contribution in [0.1, 0.15) is 15.9 Å². The smallest absolute Gasteiger partial charge is 0.174 e. The van der Waals surface area contributed by atoms with E-state index in [2.05, 4.69) is 0 Å². The number of nitrogens with zero attached hydrogens (tertiary/aromatic N) is 1. The molecular weight excluding hydrogens is 210 g/mol. The Labute approximate surface area is 93.0 Å². The van der Waals surface area contributed by atoms with Crippen LogP contribution >= 0.6 is 11.8 Å². The van der Waals surface area contributed by atoms with Crippen molar-refractivity contribution < 1.29 is 9.53 Å². The van der Waals surface area contributed by atoms with E-state index < -0.39 is 0 Å². The van der Waals surface area contributed by atoms with Gasteiger partial charge in [0.15, 0.2) is 5.78 Å². The third kappa shape index (κ3) is 3.00. The fourth-order valence-electron chi connectivity index (χ4n) is 1.20. The molecule has 15 heavy (non-hydrogen) atoms. The van der Waals surface area contributed by atoms with Crippen molar-refractivity contribution in [3.63, 3.8) is 0 Å². The number of benzene rings is 1. The summed E-state index contributed by atoms with van der Waals surface area (Å²) >= 11 is 0.948. The molecule has 0 heterocycles. The lowest BCUT2D eigenvalue weighted by molar-refractivity contribution is 0.102. The summed E-state index contributed by atoms with van der Waals surface area (Å²) in [6.45, 7) is 1.86. The average molecular weight is 221 g/mol. The molecule has 0 amide bonds. The number of ether oxygens (including phenoxy) is 1. The monoisotopic (exact) mass is 221 g/mol. The number of carbonyl (C=O) groups is 1. The van der Waals surface area contributed by atoms with Crippen molar-refractivity contribution >= 4 is 17.5 Å². The van der Waals surface area contributed by atoms with Crippen molar-refractivity contribution in [3.8, 4) is 11.2 Å². The highest BCUT2D eigenvalue weighted by Crippen LogP contribution is 2.18. The van der Waals surface area contributed by atoms with Crippen LogP contribution in [0.5, 0.6) is 5.75 Å². The highest BCUT2D eigenvalue weighted by atomic mass is 32.2. The molecular formula is C11H11NO2S. The minimum absolute atomic E-state index is 0.0436. The van der Waals surface area contributed by atoms with Crippen molar-refractivity contribution in [1.82, 2.24) is 0 Å². The fraction of sp³-hybridized carbons (Fsp3) is 0.273. The molecule has 0 aliphatic rings. The normalized spacial score (nSPS) is 9.40. The molecule has 0 aliphatic heterocycles. The first-order valence-corrected chi connectivity index (χ1v) is 5.36. The Kier molecular flexibility index (Phi) is 4.19. The van der Waals surface area contributed by atoms with Crippen LogP contribution in [-0.4, -0.2) is 18.6 Å². The minimum atomic E-state index is -0.0436. The summed E-state index contributed by atoms with van der Waals surface area (Å²) in [6.07, 6.45) is 0. The summed E-state index contributed by atoms with van der Waals surface area (Å²) in [7, 11) is 1.56. The van der Waals surface area contributed by atoms with Crippen LogP contribution in [0.3, 0.4) is 0 Å². The topological polar surface area (TPSA) is 50.1 Å². The second kappa shape index (κ2) is 5.42. The molecule has 3 nitrogen and oxygen atoms in total. The van der Waals surface area contributed by atoms with E-state index in [-0.39, 0.29) is 11.5 Å². The number of carbonyl (C=O) groups excluding carboxylic acids is 1. The van der Waals surface area contributed by atoms with E-state index in [9.17, 15) is 4.79 Å². The molecule has 0 saturated carbocycles. The van der Waals surface area contributed by atoms with E-state index in [4.69, 9.17) is 10.00 Å². The van der Waals surface area contributed by atoms with Crippen LogP contribution in [0.2, 0.25) is 0 Å². The average Bonchev–Trinajstić information content (AvgIpc) is 2.26. The van der Waals surface area contributed by atoms with Crippen molar-refractivity contribution in [2.45, 2.75) is 6.92 Å². The third-order valence-corrected chi connectivity index (χ3v) is 2.55. The van der Waals surface area contributed by atoms with Gasteiger partial charge in [-0.05, 0) is 36.4 Å². The van der Waals surface area contributed by atoms with Crippen LogP contribution < -0.4 is 4.74 Å². The molecule has 0 unspecified atom stereocenters. The summed E-state index contributed by atoms with van der Waals surface area (Å²) in [5.74, 6) is 0.800. The van der Waals surface area contributed by atoms with Gasteiger partial charge < -0.3 is 4.74 Å². The molecule has 4 heteroatoms. The van der Waals surface area contributed by atoms with E-state index in [0.29, 0.717) is 11.3 Å². The maximum atomic E-state index is 11.7. The Hall–Kier alpha value is -1.47. The molecule has 0 aromatic heterocycles. The molecule has 0 saturated heterocycles. The van der Waals surface area contributed by atoms with Crippen LogP contribution in [0, 0.1) is 17.6 Å². The SMILES string of the molecule is COc1ccc(C)c(C(=O)CSC#N)c1. The molecule has 1 rings (SSSR count). The zero-order chi connectivity index (χ0) is 11.3. The van der Waals surface area contributed by atoms with Crippen LogP contribution in [-0.2, 0) is 0 Å². The molecule has 78 valence electrons. The molecule has 0 aliphatic carbocycles. The molecule has 0 atom stereocenters. The number of hydrogen-bond acceptors (Lipinski definition) is 4. The van der Waals surface area contributed by atoms with Gasteiger partial charge in [-0.3, -0.25) is 4.79 Å². The van der Waals surface area contributed by atoms with E-state index in [1.165, 1.54) is 0 Å². The Bertz CT molecular complexity index is 410. The molecule has 1 aromatic carbocycles. The quantitative estimate of drug-likeness (QED) is 0.578. The lowest BCUT2D eigenvalue weighted by atomic mass is 10.1. The highest BCUT2D eigenvalue weighted by molar-refractivity contribution is 8.04. The summed E-state index contributed by atoms with van der Waals surface area (Å²) < 4.78 is 5.04. The maximum Gasteiger partial charge on any atom is 0.174 e. The highest BCUT2D eigenvalue weighted by Gasteiger charge is 2.10. The zero-order valence-corrected chi connectivity index (χ0v) is 9.43. The first-order valence-electron chi connectivity index (χ1n) is 4.37. The lowest BCUT2D eigenvalue weighted by Crippen LogP contribution is -2.04. The fourth-order valence-corrected chi connectivity index (χ4v) is 1.56.